The van der Waals surface area contributed by atoms with E-state index in [1.165, 1.54) is 12.8 Å². The molecule has 0 amide bonds. The Morgan fingerprint density at radius 1 is 1.62 bits per heavy atom. The Labute approximate surface area is 80.3 Å². The maximum absolute atomic E-state index is 8.37. The quantitative estimate of drug-likeness (QED) is 0.603. The third-order valence-corrected chi connectivity index (χ3v) is 2.37. The second kappa shape index (κ2) is 5.95. The third-order valence-electron chi connectivity index (χ3n) is 2.37. The van der Waals surface area contributed by atoms with E-state index in [4.69, 9.17) is 10.00 Å². The van der Waals surface area contributed by atoms with E-state index in [1.807, 2.05) is 0 Å². The number of nitriles is 1. The fourth-order valence-electron chi connectivity index (χ4n) is 1.66. The van der Waals surface area contributed by atoms with Crippen LogP contribution in [0.2, 0.25) is 0 Å². The molecule has 13 heavy (non-hydrogen) atoms. The minimum Gasteiger partial charge on any atom is -0.377 e. The van der Waals surface area contributed by atoms with Crippen molar-refractivity contribution in [2.45, 2.75) is 31.8 Å². The van der Waals surface area contributed by atoms with Gasteiger partial charge in [-0.05, 0) is 32.9 Å². The van der Waals surface area contributed by atoms with Crippen molar-refractivity contribution in [1.29, 1.82) is 5.26 Å². The highest BCUT2D eigenvalue weighted by Crippen LogP contribution is 2.12. The molecule has 1 unspecified atom stereocenters. The van der Waals surface area contributed by atoms with E-state index in [0.29, 0.717) is 12.5 Å². The van der Waals surface area contributed by atoms with Gasteiger partial charge in [0.15, 0.2) is 0 Å². The van der Waals surface area contributed by atoms with Crippen molar-refractivity contribution in [2.24, 2.45) is 0 Å². The van der Waals surface area contributed by atoms with E-state index < -0.39 is 0 Å². The molecule has 1 heterocycles. The van der Waals surface area contributed by atoms with Crippen LogP contribution in [0.25, 0.3) is 0 Å². The molecule has 0 saturated carbocycles. The Balaban J connectivity index is 2.03. The van der Waals surface area contributed by atoms with E-state index in [1.54, 1.807) is 0 Å². The predicted octanol–water partition coefficient (Wildman–Crippen LogP) is 1.40. The number of ether oxygens (including phenoxy) is 1. The van der Waals surface area contributed by atoms with Gasteiger partial charge in [-0.15, -0.1) is 0 Å². The zero-order valence-corrected chi connectivity index (χ0v) is 8.33. The first-order valence-electron chi connectivity index (χ1n) is 5.00. The van der Waals surface area contributed by atoms with E-state index in [2.05, 4.69) is 18.0 Å². The Morgan fingerprint density at radius 2 is 2.46 bits per heavy atom. The van der Waals surface area contributed by atoms with Crippen LogP contribution < -0.4 is 0 Å². The fourth-order valence-corrected chi connectivity index (χ4v) is 1.66. The van der Waals surface area contributed by atoms with E-state index in [9.17, 15) is 0 Å². The average molecular weight is 182 g/mol. The summed E-state index contributed by atoms with van der Waals surface area (Å²) in [5.41, 5.74) is 0. The smallest absolute Gasteiger partial charge is 0.0702 e. The van der Waals surface area contributed by atoms with Gasteiger partial charge >= 0.3 is 0 Å². The Bertz CT molecular complexity index is 170. The molecule has 1 aliphatic heterocycles. The molecule has 74 valence electrons. The summed E-state index contributed by atoms with van der Waals surface area (Å²) in [5, 5.41) is 8.37. The van der Waals surface area contributed by atoms with Gasteiger partial charge in [0, 0.05) is 19.6 Å². The molecule has 0 aromatic carbocycles. The lowest BCUT2D eigenvalue weighted by Crippen LogP contribution is -2.29. The topological polar surface area (TPSA) is 36.3 Å². The molecule has 1 rings (SSSR count). The Kier molecular flexibility index (Phi) is 4.81. The van der Waals surface area contributed by atoms with Gasteiger partial charge in [0.1, 0.15) is 0 Å². The van der Waals surface area contributed by atoms with Crippen molar-refractivity contribution in [2.75, 3.05) is 26.7 Å². The summed E-state index contributed by atoms with van der Waals surface area (Å²) in [6, 6.07) is 2.16. The highest BCUT2D eigenvalue weighted by molar-refractivity contribution is 4.72. The minimum absolute atomic E-state index is 0.437. The zero-order chi connectivity index (χ0) is 9.52. The van der Waals surface area contributed by atoms with Gasteiger partial charge in [-0.1, -0.05) is 0 Å². The van der Waals surface area contributed by atoms with Crippen LogP contribution in [0.15, 0.2) is 0 Å². The summed E-state index contributed by atoms with van der Waals surface area (Å²) >= 11 is 0. The van der Waals surface area contributed by atoms with E-state index in [-0.39, 0.29) is 0 Å². The first kappa shape index (κ1) is 10.5. The standard InChI is InChI=1S/C10H18N2O/c1-12(7-3-2-6-11)9-10-5-4-8-13-10/h10H,2-5,7-9H2,1H3. The molecule has 1 atom stereocenters. The molecule has 1 fully saturated rings. The van der Waals surface area contributed by atoms with Crippen LogP contribution in [0.4, 0.5) is 0 Å². The molecular formula is C10H18N2O. The van der Waals surface area contributed by atoms with Gasteiger partial charge in [-0.2, -0.15) is 5.26 Å². The summed E-state index contributed by atoms with van der Waals surface area (Å²) in [6.45, 7) is 2.95. The SMILES string of the molecule is CN(CCCC#N)CC1CCCO1. The van der Waals surface area contributed by atoms with Gasteiger partial charge in [0.2, 0.25) is 0 Å². The number of likely N-dealkylation sites (N-methyl/N-ethyl adjacent to an activating group) is 1. The molecule has 1 aliphatic rings. The average Bonchev–Trinajstić information content (AvgIpc) is 2.57. The van der Waals surface area contributed by atoms with Crippen LogP contribution in [-0.4, -0.2) is 37.7 Å². The Hall–Kier alpha value is -0.590. The van der Waals surface area contributed by atoms with E-state index >= 15 is 0 Å². The molecule has 1 saturated heterocycles. The van der Waals surface area contributed by atoms with Crippen LogP contribution in [0.5, 0.6) is 0 Å². The van der Waals surface area contributed by atoms with Crippen molar-refractivity contribution in [3.8, 4) is 6.07 Å². The second-order valence-electron chi connectivity index (χ2n) is 3.66. The highest BCUT2D eigenvalue weighted by Gasteiger charge is 2.16. The summed E-state index contributed by atoms with van der Waals surface area (Å²) in [7, 11) is 2.10. The Morgan fingerprint density at radius 3 is 3.08 bits per heavy atom. The maximum atomic E-state index is 8.37. The summed E-state index contributed by atoms with van der Waals surface area (Å²) in [4.78, 5) is 2.26. The molecule has 0 N–H and O–H groups in total. The monoisotopic (exact) mass is 182 g/mol. The normalized spacial score (nSPS) is 22.1. The van der Waals surface area contributed by atoms with Gasteiger partial charge in [0.05, 0.1) is 12.2 Å². The zero-order valence-electron chi connectivity index (χ0n) is 8.33. The van der Waals surface area contributed by atoms with Crippen LogP contribution in [0, 0.1) is 11.3 Å². The van der Waals surface area contributed by atoms with Crippen molar-refractivity contribution in [3.05, 3.63) is 0 Å². The molecule has 0 bridgehead atoms. The molecule has 0 aromatic heterocycles. The lowest BCUT2D eigenvalue weighted by atomic mass is 10.2. The molecule has 0 radical (unpaired) electrons. The molecule has 3 nitrogen and oxygen atoms in total. The number of nitrogens with zero attached hydrogens (tertiary/aromatic N) is 2. The largest absolute Gasteiger partial charge is 0.377 e. The number of hydrogen-bond acceptors (Lipinski definition) is 3. The second-order valence-corrected chi connectivity index (χ2v) is 3.66. The molecular weight excluding hydrogens is 164 g/mol. The summed E-state index contributed by atoms with van der Waals surface area (Å²) in [5.74, 6) is 0. The maximum Gasteiger partial charge on any atom is 0.0702 e. The fraction of sp³-hybridized carbons (Fsp3) is 0.900. The predicted molar refractivity (Wildman–Crippen MR) is 51.3 cm³/mol. The molecule has 0 aromatic rings. The summed E-state index contributed by atoms with van der Waals surface area (Å²) in [6.07, 6.45) is 4.47. The first-order chi connectivity index (χ1) is 6.33. The molecule has 3 heteroatoms. The van der Waals surface area contributed by atoms with Crippen molar-refractivity contribution < 1.29 is 4.74 Å². The van der Waals surface area contributed by atoms with Crippen molar-refractivity contribution in [1.82, 2.24) is 4.90 Å². The lowest BCUT2D eigenvalue weighted by molar-refractivity contribution is 0.0810. The van der Waals surface area contributed by atoms with Crippen LogP contribution in [0.1, 0.15) is 25.7 Å². The van der Waals surface area contributed by atoms with Crippen LogP contribution in [0.3, 0.4) is 0 Å². The number of rotatable bonds is 5. The third kappa shape index (κ3) is 4.25. The van der Waals surface area contributed by atoms with Crippen LogP contribution >= 0.6 is 0 Å². The van der Waals surface area contributed by atoms with Gasteiger partial charge in [-0.25, -0.2) is 0 Å². The number of unbranched alkanes of at least 4 members (excludes halogenated alkanes) is 1. The van der Waals surface area contributed by atoms with Gasteiger partial charge in [0.25, 0.3) is 0 Å². The number of hydrogen-bond donors (Lipinski definition) is 0. The molecule has 0 spiro atoms. The van der Waals surface area contributed by atoms with Crippen molar-refractivity contribution >= 4 is 0 Å². The summed E-state index contributed by atoms with van der Waals surface area (Å²) < 4.78 is 5.52. The molecule has 0 aliphatic carbocycles. The highest BCUT2D eigenvalue weighted by atomic mass is 16.5. The van der Waals surface area contributed by atoms with Gasteiger partial charge in [-0.3, -0.25) is 0 Å². The minimum atomic E-state index is 0.437. The first-order valence-corrected chi connectivity index (χ1v) is 5.00. The van der Waals surface area contributed by atoms with Crippen LogP contribution in [-0.2, 0) is 4.74 Å². The van der Waals surface area contributed by atoms with Crippen molar-refractivity contribution in [3.63, 3.8) is 0 Å². The van der Waals surface area contributed by atoms with Gasteiger partial charge < -0.3 is 9.64 Å². The lowest BCUT2D eigenvalue weighted by Gasteiger charge is -2.19. The van der Waals surface area contributed by atoms with E-state index in [0.717, 1.165) is 26.1 Å².